The summed E-state index contributed by atoms with van der Waals surface area (Å²) in [6.07, 6.45) is 2.93. The molecular formula is C15H35NS. The van der Waals surface area contributed by atoms with E-state index in [9.17, 15) is 0 Å². The van der Waals surface area contributed by atoms with Crippen molar-refractivity contribution in [1.82, 2.24) is 5.32 Å². The molecule has 1 nitrogen and oxygen atoms in total. The molecular weight excluding hydrogens is 226 g/mol. The standard InChI is InChI=1S/C9H17NS.3C2H6/c1-5-8(7(3)11)9(6-2)10-4;3*1-2/h5,9-11H,1,6H2,2-4H3;3*1-2H3/b8-7+;;;. The Morgan fingerprint density at radius 1 is 1.18 bits per heavy atom. The van der Waals surface area contributed by atoms with Crippen molar-refractivity contribution in [2.75, 3.05) is 7.05 Å². The summed E-state index contributed by atoms with van der Waals surface area (Å²) in [5.74, 6) is 0. The Bertz CT molecular complexity index is 154. The summed E-state index contributed by atoms with van der Waals surface area (Å²) < 4.78 is 0. The van der Waals surface area contributed by atoms with Crippen LogP contribution in [0.15, 0.2) is 23.1 Å². The van der Waals surface area contributed by atoms with E-state index in [-0.39, 0.29) is 0 Å². The number of rotatable bonds is 4. The molecule has 0 fully saturated rings. The molecule has 17 heavy (non-hydrogen) atoms. The van der Waals surface area contributed by atoms with Crippen molar-refractivity contribution in [3.05, 3.63) is 23.1 Å². The van der Waals surface area contributed by atoms with Gasteiger partial charge in [0, 0.05) is 6.04 Å². The molecule has 0 aromatic carbocycles. The minimum atomic E-state index is 0.394. The largest absolute Gasteiger partial charge is 0.313 e. The molecule has 0 radical (unpaired) electrons. The van der Waals surface area contributed by atoms with E-state index < -0.39 is 0 Å². The highest BCUT2D eigenvalue weighted by Crippen LogP contribution is 2.15. The summed E-state index contributed by atoms with van der Waals surface area (Å²) in [6, 6.07) is 0.394. The zero-order chi connectivity index (χ0) is 14.9. The van der Waals surface area contributed by atoms with Gasteiger partial charge in [-0.1, -0.05) is 61.1 Å². The van der Waals surface area contributed by atoms with Crippen LogP contribution in [-0.2, 0) is 0 Å². The lowest BCUT2D eigenvalue weighted by Gasteiger charge is -2.16. The van der Waals surface area contributed by atoms with Crippen molar-refractivity contribution >= 4 is 12.6 Å². The maximum absolute atomic E-state index is 4.29. The number of thiol groups is 1. The fourth-order valence-electron chi connectivity index (χ4n) is 1.12. The lowest BCUT2D eigenvalue weighted by atomic mass is 10.1. The summed E-state index contributed by atoms with van der Waals surface area (Å²) in [6.45, 7) is 19.9. The molecule has 0 rings (SSSR count). The van der Waals surface area contributed by atoms with Gasteiger partial charge in [0.2, 0.25) is 0 Å². The highest BCUT2D eigenvalue weighted by atomic mass is 32.1. The van der Waals surface area contributed by atoms with Crippen molar-refractivity contribution in [3.8, 4) is 0 Å². The summed E-state index contributed by atoms with van der Waals surface area (Å²) >= 11 is 4.29. The third-order valence-electron chi connectivity index (χ3n) is 1.77. The third kappa shape index (κ3) is 15.8. The predicted molar refractivity (Wildman–Crippen MR) is 89.1 cm³/mol. The van der Waals surface area contributed by atoms with Gasteiger partial charge in [-0.2, -0.15) is 0 Å². The van der Waals surface area contributed by atoms with Crippen LogP contribution in [0, 0.1) is 0 Å². The molecule has 1 N–H and O–H groups in total. The number of allylic oxidation sites excluding steroid dienone is 1. The Balaban J connectivity index is -0.000000121. The quantitative estimate of drug-likeness (QED) is 0.506. The minimum absolute atomic E-state index is 0.394. The van der Waals surface area contributed by atoms with Gasteiger partial charge >= 0.3 is 0 Å². The zero-order valence-electron chi connectivity index (χ0n) is 13.5. The van der Waals surface area contributed by atoms with Crippen LogP contribution in [0.25, 0.3) is 0 Å². The Morgan fingerprint density at radius 3 is 1.59 bits per heavy atom. The number of nitrogens with one attached hydrogen (secondary N) is 1. The maximum atomic E-state index is 4.29. The average molecular weight is 262 g/mol. The van der Waals surface area contributed by atoms with E-state index in [1.165, 1.54) is 5.57 Å². The van der Waals surface area contributed by atoms with E-state index in [0.717, 1.165) is 11.3 Å². The Labute approximate surface area is 116 Å². The van der Waals surface area contributed by atoms with Crippen LogP contribution < -0.4 is 5.32 Å². The third-order valence-corrected chi connectivity index (χ3v) is 2.03. The van der Waals surface area contributed by atoms with Crippen molar-refractivity contribution in [1.29, 1.82) is 0 Å². The van der Waals surface area contributed by atoms with Crippen LogP contribution in [0.1, 0.15) is 61.8 Å². The molecule has 0 spiro atoms. The molecule has 0 amide bonds. The number of hydrogen-bond acceptors (Lipinski definition) is 2. The molecule has 106 valence electrons. The van der Waals surface area contributed by atoms with Crippen LogP contribution in [-0.4, -0.2) is 13.1 Å². The van der Waals surface area contributed by atoms with E-state index in [0.29, 0.717) is 6.04 Å². The normalized spacial score (nSPS) is 11.2. The van der Waals surface area contributed by atoms with Crippen LogP contribution in [0.5, 0.6) is 0 Å². The van der Waals surface area contributed by atoms with Crippen molar-refractivity contribution in [2.45, 2.75) is 67.9 Å². The second-order valence-electron chi connectivity index (χ2n) is 2.49. The lowest BCUT2D eigenvalue weighted by molar-refractivity contribution is 0.626. The fourth-order valence-corrected chi connectivity index (χ4v) is 1.37. The van der Waals surface area contributed by atoms with E-state index in [1.807, 2.05) is 61.6 Å². The van der Waals surface area contributed by atoms with Crippen LogP contribution >= 0.6 is 12.6 Å². The van der Waals surface area contributed by atoms with Crippen molar-refractivity contribution < 1.29 is 0 Å². The summed E-state index contributed by atoms with van der Waals surface area (Å²) in [4.78, 5) is 1.04. The molecule has 0 aromatic heterocycles. The first kappa shape index (κ1) is 25.6. The van der Waals surface area contributed by atoms with E-state index in [2.05, 4.69) is 31.4 Å². The molecule has 0 aliphatic rings. The molecule has 0 saturated carbocycles. The molecule has 0 heterocycles. The van der Waals surface area contributed by atoms with Gasteiger partial charge in [0.05, 0.1) is 0 Å². The van der Waals surface area contributed by atoms with Crippen molar-refractivity contribution in [2.24, 2.45) is 0 Å². The van der Waals surface area contributed by atoms with Gasteiger partial charge in [-0.15, -0.1) is 12.6 Å². The summed E-state index contributed by atoms with van der Waals surface area (Å²) in [5.41, 5.74) is 1.19. The predicted octanol–water partition coefficient (Wildman–Crippen LogP) is 5.45. The number of likely N-dealkylation sites (N-methyl/N-ethyl adjacent to an activating group) is 1. The molecule has 0 aliphatic heterocycles. The first-order chi connectivity index (χ1) is 8.17. The Kier molecular flexibility index (Phi) is 37.4. The average Bonchev–Trinajstić information content (AvgIpc) is 2.42. The molecule has 1 atom stereocenters. The second-order valence-corrected chi connectivity index (χ2v) is 3.17. The van der Waals surface area contributed by atoms with Crippen LogP contribution in [0.4, 0.5) is 0 Å². The van der Waals surface area contributed by atoms with Gasteiger partial charge in [-0.05, 0) is 30.9 Å². The highest BCUT2D eigenvalue weighted by molar-refractivity contribution is 7.84. The fraction of sp³-hybridized carbons (Fsp3) is 0.733. The lowest BCUT2D eigenvalue weighted by Crippen LogP contribution is -2.26. The first-order valence-electron chi connectivity index (χ1n) is 6.86. The van der Waals surface area contributed by atoms with Gasteiger partial charge < -0.3 is 5.32 Å². The van der Waals surface area contributed by atoms with E-state index in [4.69, 9.17) is 0 Å². The molecule has 1 unspecified atom stereocenters. The maximum Gasteiger partial charge on any atom is 0.0322 e. The van der Waals surface area contributed by atoms with Crippen LogP contribution in [0.2, 0.25) is 0 Å². The second kappa shape index (κ2) is 24.8. The highest BCUT2D eigenvalue weighted by Gasteiger charge is 2.07. The molecule has 0 bridgehead atoms. The molecule has 0 saturated heterocycles. The zero-order valence-corrected chi connectivity index (χ0v) is 14.4. The number of hydrogen-bond donors (Lipinski definition) is 2. The minimum Gasteiger partial charge on any atom is -0.313 e. The molecule has 0 aliphatic carbocycles. The molecule has 2 heteroatoms. The van der Waals surface area contributed by atoms with E-state index >= 15 is 0 Å². The SMILES string of the molecule is C=C/C(=C(/C)S)C(CC)NC.CC.CC.CC. The van der Waals surface area contributed by atoms with Gasteiger partial charge in [0.15, 0.2) is 0 Å². The van der Waals surface area contributed by atoms with Gasteiger partial charge in [0.25, 0.3) is 0 Å². The Hall–Kier alpha value is -0.210. The van der Waals surface area contributed by atoms with Gasteiger partial charge in [-0.25, -0.2) is 0 Å². The summed E-state index contributed by atoms with van der Waals surface area (Å²) in [7, 11) is 1.95. The Morgan fingerprint density at radius 2 is 1.53 bits per heavy atom. The molecule has 0 aromatic rings. The monoisotopic (exact) mass is 261 g/mol. The van der Waals surface area contributed by atoms with Gasteiger partial charge in [-0.3, -0.25) is 0 Å². The topological polar surface area (TPSA) is 12.0 Å². The smallest absolute Gasteiger partial charge is 0.0322 e. The summed E-state index contributed by atoms with van der Waals surface area (Å²) in [5, 5.41) is 3.21. The van der Waals surface area contributed by atoms with Crippen LogP contribution in [0.3, 0.4) is 0 Å². The van der Waals surface area contributed by atoms with Crippen molar-refractivity contribution in [3.63, 3.8) is 0 Å². The first-order valence-corrected chi connectivity index (χ1v) is 7.31. The van der Waals surface area contributed by atoms with E-state index in [1.54, 1.807) is 0 Å². The van der Waals surface area contributed by atoms with Gasteiger partial charge in [0.1, 0.15) is 0 Å².